The highest BCUT2D eigenvalue weighted by molar-refractivity contribution is 5.76. The zero-order valence-electron chi connectivity index (χ0n) is 9.83. The molecule has 0 saturated heterocycles. The van der Waals surface area contributed by atoms with Crippen LogP contribution in [0.25, 0.3) is 0 Å². The number of hydrogen-bond donors (Lipinski definition) is 2. The van der Waals surface area contributed by atoms with Crippen LogP contribution in [0.4, 0.5) is 0 Å². The molecule has 0 bridgehead atoms. The van der Waals surface area contributed by atoms with Gasteiger partial charge in [0.2, 0.25) is 5.91 Å². The molecule has 0 aliphatic heterocycles. The van der Waals surface area contributed by atoms with Crippen molar-refractivity contribution < 1.29 is 14.6 Å². The number of aliphatic hydroxyl groups excluding tert-OH is 1. The molecule has 1 aromatic rings. The van der Waals surface area contributed by atoms with Crippen LogP contribution in [0.5, 0.6) is 5.75 Å². The van der Waals surface area contributed by atoms with Gasteiger partial charge in [0.25, 0.3) is 0 Å². The quantitative estimate of drug-likeness (QED) is 0.798. The number of methoxy groups -OCH3 is 1. The van der Waals surface area contributed by atoms with Crippen molar-refractivity contribution in [3.8, 4) is 5.75 Å². The molecule has 0 spiro atoms. The molecule has 0 heterocycles. The lowest BCUT2D eigenvalue weighted by Gasteiger charge is -2.12. The number of hydrogen-bond acceptors (Lipinski definition) is 3. The Bertz CT molecular complexity index is 388. The minimum atomic E-state index is -0.478. The Labute approximate surface area is 95.2 Å². The molecule has 0 unspecified atom stereocenters. The lowest BCUT2D eigenvalue weighted by atomic mass is 10.0. The number of carbonyl (C=O) groups excluding carboxylic acids is 1. The number of rotatable bonds is 4. The standard InChI is InChI=1S/C12H17NO3/c1-8-9(2)11(16-3)5-4-10(8)6-13-12(15)7-14/h4-5,14H,6-7H2,1-3H3,(H,13,15). The summed E-state index contributed by atoms with van der Waals surface area (Å²) < 4.78 is 5.20. The fourth-order valence-corrected chi connectivity index (χ4v) is 1.51. The summed E-state index contributed by atoms with van der Waals surface area (Å²) in [6.45, 7) is 3.91. The van der Waals surface area contributed by atoms with Crippen molar-refractivity contribution in [1.29, 1.82) is 0 Å². The van der Waals surface area contributed by atoms with Gasteiger partial charge in [-0.3, -0.25) is 4.79 Å². The molecule has 0 fully saturated rings. The number of benzene rings is 1. The Morgan fingerprint density at radius 3 is 2.62 bits per heavy atom. The fraction of sp³-hybridized carbons (Fsp3) is 0.417. The highest BCUT2D eigenvalue weighted by atomic mass is 16.5. The summed E-state index contributed by atoms with van der Waals surface area (Å²) in [5.74, 6) is 0.475. The molecule has 16 heavy (non-hydrogen) atoms. The second kappa shape index (κ2) is 5.51. The maximum Gasteiger partial charge on any atom is 0.245 e. The number of amides is 1. The maximum atomic E-state index is 10.9. The highest BCUT2D eigenvalue weighted by Crippen LogP contribution is 2.23. The summed E-state index contributed by atoms with van der Waals surface area (Å²) in [6.07, 6.45) is 0. The Morgan fingerprint density at radius 1 is 1.38 bits per heavy atom. The molecule has 0 atom stereocenters. The first-order valence-corrected chi connectivity index (χ1v) is 5.10. The Kier molecular flexibility index (Phi) is 4.31. The lowest BCUT2D eigenvalue weighted by molar-refractivity contribution is -0.123. The van der Waals surface area contributed by atoms with Crippen LogP contribution in [0.3, 0.4) is 0 Å². The van der Waals surface area contributed by atoms with E-state index in [0.717, 1.165) is 22.4 Å². The van der Waals surface area contributed by atoms with E-state index in [2.05, 4.69) is 5.32 Å². The van der Waals surface area contributed by atoms with Crippen LogP contribution in [0, 0.1) is 13.8 Å². The second-order valence-corrected chi connectivity index (χ2v) is 3.61. The van der Waals surface area contributed by atoms with E-state index >= 15 is 0 Å². The third-order valence-corrected chi connectivity index (χ3v) is 2.69. The van der Waals surface area contributed by atoms with E-state index in [1.165, 1.54) is 0 Å². The van der Waals surface area contributed by atoms with E-state index in [9.17, 15) is 4.79 Å². The minimum absolute atomic E-state index is 0.368. The molecular weight excluding hydrogens is 206 g/mol. The Balaban J connectivity index is 2.82. The fourth-order valence-electron chi connectivity index (χ4n) is 1.51. The van der Waals surface area contributed by atoms with Gasteiger partial charge in [0.15, 0.2) is 0 Å². The monoisotopic (exact) mass is 223 g/mol. The average molecular weight is 223 g/mol. The number of carbonyl (C=O) groups is 1. The topological polar surface area (TPSA) is 58.6 Å². The lowest BCUT2D eigenvalue weighted by Crippen LogP contribution is -2.26. The van der Waals surface area contributed by atoms with Gasteiger partial charge in [-0.25, -0.2) is 0 Å². The number of nitrogens with one attached hydrogen (secondary N) is 1. The molecule has 1 aromatic carbocycles. The van der Waals surface area contributed by atoms with Gasteiger partial charge < -0.3 is 15.2 Å². The molecule has 1 rings (SSSR count). The van der Waals surface area contributed by atoms with Crippen molar-refractivity contribution in [3.63, 3.8) is 0 Å². The van der Waals surface area contributed by atoms with Crippen LogP contribution < -0.4 is 10.1 Å². The molecule has 0 aliphatic rings. The van der Waals surface area contributed by atoms with Gasteiger partial charge >= 0.3 is 0 Å². The smallest absolute Gasteiger partial charge is 0.245 e. The van der Waals surface area contributed by atoms with Crippen molar-refractivity contribution in [2.45, 2.75) is 20.4 Å². The van der Waals surface area contributed by atoms with Gasteiger partial charge in [-0.1, -0.05) is 6.07 Å². The van der Waals surface area contributed by atoms with Gasteiger partial charge in [-0.2, -0.15) is 0 Å². The summed E-state index contributed by atoms with van der Waals surface area (Å²) in [5, 5.41) is 11.2. The summed E-state index contributed by atoms with van der Waals surface area (Å²) in [4.78, 5) is 10.9. The molecule has 1 amide bonds. The average Bonchev–Trinajstić information content (AvgIpc) is 2.30. The summed E-state index contributed by atoms with van der Waals surface area (Å²) in [6, 6.07) is 3.79. The molecule has 88 valence electrons. The molecule has 4 nitrogen and oxygen atoms in total. The Morgan fingerprint density at radius 2 is 2.06 bits per heavy atom. The zero-order chi connectivity index (χ0) is 12.1. The van der Waals surface area contributed by atoms with Gasteiger partial charge in [-0.15, -0.1) is 0 Å². The predicted octanol–water partition coefficient (Wildman–Crippen LogP) is 0.921. The summed E-state index contributed by atoms with van der Waals surface area (Å²) in [7, 11) is 1.63. The van der Waals surface area contributed by atoms with E-state index < -0.39 is 6.61 Å². The highest BCUT2D eigenvalue weighted by Gasteiger charge is 2.07. The van der Waals surface area contributed by atoms with Gasteiger partial charge in [0, 0.05) is 6.54 Å². The van der Waals surface area contributed by atoms with Crippen molar-refractivity contribution in [1.82, 2.24) is 5.32 Å². The number of aliphatic hydroxyl groups is 1. The first kappa shape index (κ1) is 12.5. The summed E-state index contributed by atoms with van der Waals surface area (Å²) >= 11 is 0. The molecule has 0 radical (unpaired) electrons. The van der Waals surface area contributed by atoms with Crippen molar-refractivity contribution in [3.05, 3.63) is 28.8 Å². The first-order chi connectivity index (χ1) is 7.60. The first-order valence-electron chi connectivity index (χ1n) is 5.10. The largest absolute Gasteiger partial charge is 0.496 e. The minimum Gasteiger partial charge on any atom is -0.496 e. The summed E-state index contributed by atoms with van der Waals surface area (Å²) in [5.41, 5.74) is 3.19. The van der Waals surface area contributed by atoms with E-state index in [0.29, 0.717) is 6.54 Å². The normalized spacial score (nSPS) is 10.0. The maximum absolute atomic E-state index is 10.9. The van der Waals surface area contributed by atoms with Crippen LogP contribution in [-0.2, 0) is 11.3 Å². The van der Waals surface area contributed by atoms with Gasteiger partial charge in [-0.05, 0) is 36.6 Å². The Hall–Kier alpha value is -1.55. The van der Waals surface area contributed by atoms with Crippen LogP contribution in [0.15, 0.2) is 12.1 Å². The van der Waals surface area contributed by atoms with Crippen LogP contribution in [0.1, 0.15) is 16.7 Å². The van der Waals surface area contributed by atoms with Crippen LogP contribution >= 0.6 is 0 Å². The molecule has 4 heteroatoms. The van der Waals surface area contributed by atoms with Crippen molar-refractivity contribution in [2.75, 3.05) is 13.7 Å². The second-order valence-electron chi connectivity index (χ2n) is 3.61. The van der Waals surface area contributed by atoms with E-state index in [1.807, 2.05) is 26.0 Å². The third kappa shape index (κ3) is 2.73. The molecule has 2 N–H and O–H groups in total. The number of ether oxygens (including phenoxy) is 1. The van der Waals surface area contributed by atoms with Gasteiger partial charge in [0.1, 0.15) is 12.4 Å². The van der Waals surface area contributed by atoms with E-state index in [1.54, 1.807) is 7.11 Å². The van der Waals surface area contributed by atoms with Crippen LogP contribution in [0.2, 0.25) is 0 Å². The van der Waals surface area contributed by atoms with E-state index in [-0.39, 0.29) is 5.91 Å². The van der Waals surface area contributed by atoms with Crippen molar-refractivity contribution in [2.24, 2.45) is 0 Å². The van der Waals surface area contributed by atoms with Crippen LogP contribution in [-0.4, -0.2) is 24.7 Å². The predicted molar refractivity (Wildman–Crippen MR) is 61.4 cm³/mol. The molecular formula is C12H17NO3. The SMILES string of the molecule is COc1ccc(CNC(=O)CO)c(C)c1C. The van der Waals surface area contributed by atoms with Gasteiger partial charge in [0.05, 0.1) is 7.11 Å². The zero-order valence-corrected chi connectivity index (χ0v) is 9.83. The van der Waals surface area contributed by atoms with Crippen molar-refractivity contribution >= 4 is 5.91 Å². The molecule has 0 aliphatic carbocycles. The van der Waals surface area contributed by atoms with E-state index in [4.69, 9.17) is 9.84 Å². The third-order valence-electron chi connectivity index (χ3n) is 2.69. The molecule has 0 aromatic heterocycles. The molecule has 0 saturated carbocycles.